The number of ether oxygens (including phenoxy) is 1. The van der Waals surface area contributed by atoms with Gasteiger partial charge in [0.25, 0.3) is 0 Å². The van der Waals surface area contributed by atoms with E-state index in [2.05, 4.69) is 5.16 Å². The smallest absolute Gasteiger partial charge is 0.305 e. The number of hydrogen-bond donors (Lipinski definition) is 1. The fourth-order valence-corrected chi connectivity index (χ4v) is 1.46. The molecule has 8 nitrogen and oxygen atoms in total. The molecule has 0 bridgehead atoms. The average Bonchev–Trinajstić information content (AvgIpc) is 2.57. The lowest BCUT2D eigenvalue weighted by Gasteiger charge is -2.19. The summed E-state index contributed by atoms with van der Waals surface area (Å²) in [7, 11) is 1.79. The number of halogens is 1. The largest absolute Gasteiger partial charge is 1.00 e. The summed E-state index contributed by atoms with van der Waals surface area (Å²) in [6.07, 6.45) is 4.77. The molecular weight excluding hydrogens is 276 g/mol. The summed E-state index contributed by atoms with van der Waals surface area (Å²) in [6.45, 7) is 3.17. The zero-order valence-electron chi connectivity index (χ0n) is 11.0. The molecule has 0 aliphatic rings. The second-order valence-corrected chi connectivity index (χ2v) is 4.51. The van der Waals surface area contributed by atoms with Gasteiger partial charge in [-0.25, -0.2) is 9.13 Å². The van der Waals surface area contributed by atoms with Crippen molar-refractivity contribution in [2.45, 2.75) is 26.2 Å². The molecule has 0 aliphatic heterocycles. The van der Waals surface area contributed by atoms with Crippen molar-refractivity contribution >= 4 is 6.21 Å². The van der Waals surface area contributed by atoms with Gasteiger partial charge in [-0.15, -0.1) is 0 Å². The van der Waals surface area contributed by atoms with Crippen LogP contribution in [0.5, 0.6) is 0 Å². The van der Waals surface area contributed by atoms with Gasteiger partial charge in [0.1, 0.15) is 18.0 Å². The fourth-order valence-electron chi connectivity index (χ4n) is 1.46. The summed E-state index contributed by atoms with van der Waals surface area (Å²) in [5.41, 5.74) is -0.861. The summed E-state index contributed by atoms with van der Waals surface area (Å²) in [4.78, 5) is 10.0. The SMILES string of the molecule is C[n+]1ccn(COC(C)(C)C[N+](=O)[O-])c1/C=N/O.[Cl-]. The first-order valence-electron chi connectivity index (χ1n) is 5.33. The normalized spacial score (nSPS) is 11.5. The Labute approximate surface area is 116 Å². The molecule has 0 aromatic carbocycles. The molecule has 108 valence electrons. The lowest BCUT2D eigenvalue weighted by Crippen LogP contribution is -3.00. The maximum absolute atomic E-state index is 10.5. The minimum Gasteiger partial charge on any atom is -1.00 e. The van der Waals surface area contributed by atoms with Gasteiger partial charge in [-0.05, 0) is 13.8 Å². The van der Waals surface area contributed by atoms with E-state index in [1.54, 1.807) is 42.4 Å². The van der Waals surface area contributed by atoms with Crippen molar-refractivity contribution in [1.82, 2.24) is 4.57 Å². The number of nitro groups is 1. The third-order valence-corrected chi connectivity index (χ3v) is 2.40. The first-order chi connectivity index (χ1) is 8.35. The molecule has 1 aromatic heterocycles. The molecule has 0 amide bonds. The van der Waals surface area contributed by atoms with Crippen molar-refractivity contribution in [3.63, 3.8) is 0 Å². The van der Waals surface area contributed by atoms with Gasteiger partial charge >= 0.3 is 5.82 Å². The Bertz CT molecular complexity index is 458. The highest BCUT2D eigenvalue weighted by molar-refractivity contribution is 5.72. The van der Waals surface area contributed by atoms with Crippen LogP contribution in [0.25, 0.3) is 0 Å². The van der Waals surface area contributed by atoms with E-state index in [4.69, 9.17) is 9.94 Å². The number of aromatic nitrogens is 2. The molecule has 9 heteroatoms. The van der Waals surface area contributed by atoms with Crippen molar-refractivity contribution in [2.24, 2.45) is 12.2 Å². The van der Waals surface area contributed by atoms with Crippen LogP contribution in [-0.4, -0.2) is 33.1 Å². The van der Waals surface area contributed by atoms with Crippen LogP contribution in [0, 0.1) is 10.1 Å². The lowest BCUT2D eigenvalue weighted by molar-refractivity contribution is -0.672. The minimum atomic E-state index is -0.861. The summed E-state index contributed by atoms with van der Waals surface area (Å²) in [5, 5.41) is 22.0. The first-order valence-corrected chi connectivity index (χ1v) is 5.33. The van der Waals surface area contributed by atoms with Gasteiger partial charge in [0.05, 0.1) is 7.05 Å². The van der Waals surface area contributed by atoms with Gasteiger partial charge in [0.2, 0.25) is 6.54 Å². The maximum Gasteiger partial charge on any atom is 0.305 e. The third-order valence-electron chi connectivity index (χ3n) is 2.40. The number of aryl methyl sites for hydroxylation is 1. The lowest BCUT2D eigenvalue weighted by atomic mass is 10.1. The van der Waals surface area contributed by atoms with E-state index in [0.29, 0.717) is 5.82 Å². The molecule has 0 atom stereocenters. The third kappa shape index (κ3) is 5.23. The van der Waals surface area contributed by atoms with Gasteiger partial charge in [0, 0.05) is 4.92 Å². The highest BCUT2D eigenvalue weighted by Crippen LogP contribution is 2.10. The first kappa shape index (κ1) is 17.3. The Kier molecular flexibility index (Phi) is 6.43. The topological polar surface area (TPSA) is 93.8 Å². The maximum atomic E-state index is 10.5. The average molecular weight is 293 g/mol. The van der Waals surface area contributed by atoms with Crippen LogP contribution in [0.1, 0.15) is 19.7 Å². The summed E-state index contributed by atoms with van der Waals surface area (Å²) in [5.74, 6) is 0.620. The molecule has 0 fully saturated rings. The molecule has 0 unspecified atom stereocenters. The Balaban J connectivity index is 0.00000324. The van der Waals surface area contributed by atoms with Crippen LogP contribution in [0.3, 0.4) is 0 Å². The predicted octanol–water partition coefficient (Wildman–Crippen LogP) is -2.85. The van der Waals surface area contributed by atoms with Crippen LogP contribution in [0.4, 0.5) is 0 Å². The van der Waals surface area contributed by atoms with Crippen molar-refractivity contribution in [3.05, 3.63) is 28.3 Å². The molecule has 0 radical (unpaired) electrons. The molecule has 0 spiro atoms. The van der Waals surface area contributed by atoms with Crippen molar-refractivity contribution in [2.75, 3.05) is 6.54 Å². The van der Waals surface area contributed by atoms with Crippen LogP contribution in [0.2, 0.25) is 0 Å². The monoisotopic (exact) mass is 292 g/mol. The standard InChI is InChI=1S/C10H16N4O4.ClH/c1-10(2,7-14(16)17)18-8-13-5-4-12(3)9(13)6-11-15;/h4-6H,7-8H2,1-3H3;1H. The van der Waals surface area contributed by atoms with Crippen LogP contribution >= 0.6 is 0 Å². The molecule has 1 N–H and O–H groups in total. The van der Waals surface area contributed by atoms with Gasteiger partial charge in [-0.1, -0.05) is 5.16 Å². The Morgan fingerprint density at radius 1 is 1.68 bits per heavy atom. The molecule has 1 rings (SSSR count). The van der Waals surface area contributed by atoms with E-state index in [1.807, 2.05) is 0 Å². The molecular formula is C10H17ClN4O4. The molecule has 1 heterocycles. The van der Waals surface area contributed by atoms with Crippen molar-refractivity contribution in [3.8, 4) is 0 Å². The molecule has 0 saturated heterocycles. The number of imidazole rings is 1. The number of hydrogen-bond acceptors (Lipinski definition) is 5. The Morgan fingerprint density at radius 2 is 2.32 bits per heavy atom. The number of rotatable bonds is 6. The van der Waals surface area contributed by atoms with Crippen LogP contribution < -0.4 is 17.0 Å². The van der Waals surface area contributed by atoms with E-state index >= 15 is 0 Å². The fraction of sp³-hybridized carbons (Fsp3) is 0.600. The van der Waals surface area contributed by atoms with Crippen LogP contribution in [0.15, 0.2) is 17.5 Å². The van der Waals surface area contributed by atoms with Crippen LogP contribution in [-0.2, 0) is 18.5 Å². The second-order valence-electron chi connectivity index (χ2n) is 4.51. The number of nitrogens with zero attached hydrogens (tertiary/aromatic N) is 4. The van der Waals surface area contributed by atoms with Gasteiger partial charge < -0.3 is 22.4 Å². The van der Waals surface area contributed by atoms with Crippen molar-refractivity contribution in [1.29, 1.82) is 0 Å². The molecule has 0 saturated carbocycles. The van der Waals surface area contributed by atoms with E-state index in [9.17, 15) is 10.1 Å². The summed E-state index contributed by atoms with van der Waals surface area (Å²) in [6, 6.07) is 0. The van der Waals surface area contributed by atoms with Gasteiger partial charge in [-0.3, -0.25) is 10.1 Å². The van der Waals surface area contributed by atoms with Gasteiger partial charge in [-0.2, -0.15) is 0 Å². The van der Waals surface area contributed by atoms with E-state index in [0.717, 1.165) is 0 Å². The predicted molar refractivity (Wildman–Crippen MR) is 62.0 cm³/mol. The van der Waals surface area contributed by atoms with E-state index in [1.165, 1.54) is 6.21 Å². The van der Waals surface area contributed by atoms with E-state index < -0.39 is 10.5 Å². The van der Waals surface area contributed by atoms with Gasteiger partial charge in [0.15, 0.2) is 12.9 Å². The highest BCUT2D eigenvalue weighted by Gasteiger charge is 2.27. The summed E-state index contributed by atoms with van der Waals surface area (Å²) < 4.78 is 8.91. The van der Waals surface area contributed by atoms with E-state index in [-0.39, 0.29) is 25.7 Å². The quantitative estimate of drug-likeness (QED) is 0.201. The number of oxime groups is 1. The zero-order chi connectivity index (χ0) is 13.8. The minimum absolute atomic E-state index is 0. The zero-order valence-corrected chi connectivity index (χ0v) is 11.7. The Morgan fingerprint density at radius 3 is 2.84 bits per heavy atom. The molecule has 1 aromatic rings. The summed E-state index contributed by atoms with van der Waals surface area (Å²) >= 11 is 0. The highest BCUT2D eigenvalue weighted by atomic mass is 35.5. The second kappa shape index (κ2) is 7.05. The van der Waals surface area contributed by atoms with Crippen molar-refractivity contribution < 1.29 is 31.8 Å². The Hall–Kier alpha value is -1.67. The molecule has 0 aliphatic carbocycles. The molecule has 19 heavy (non-hydrogen) atoms.